The van der Waals surface area contributed by atoms with Gasteiger partial charge in [-0.25, -0.2) is 24.0 Å². The lowest BCUT2D eigenvalue weighted by Gasteiger charge is -2.44. The minimum atomic E-state index is -1.96. The monoisotopic (exact) mass is 1090 g/mol. The number of esters is 1. The van der Waals surface area contributed by atoms with E-state index >= 15 is 0 Å². The van der Waals surface area contributed by atoms with Crippen LogP contribution in [0.1, 0.15) is 39.0 Å². The Balaban J connectivity index is 1.03. The second-order valence-corrected chi connectivity index (χ2v) is 18.7. The molecule has 5 aromatic carbocycles. The predicted molar refractivity (Wildman–Crippen MR) is 274 cm³/mol. The molecule has 0 aromatic heterocycles. The van der Waals surface area contributed by atoms with Crippen LogP contribution in [-0.2, 0) is 69.1 Å². The molecule has 5 aromatic rings. The van der Waals surface area contributed by atoms with Crippen LogP contribution in [0.2, 0.25) is 0 Å². The molecule has 1 saturated carbocycles. The van der Waals surface area contributed by atoms with Gasteiger partial charge in [0.1, 0.15) is 94.0 Å². The minimum absolute atomic E-state index is 0.100. The van der Waals surface area contributed by atoms with E-state index in [1.54, 1.807) is 140 Å². The largest absolute Gasteiger partial charge is 0.459 e. The molecule has 3 fully saturated rings. The van der Waals surface area contributed by atoms with Gasteiger partial charge in [0, 0.05) is 6.54 Å². The van der Waals surface area contributed by atoms with E-state index in [0.29, 0.717) is 22.3 Å². The maximum absolute atomic E-state index is 13.4. The van der Waals surface area contributed by atoms with Crippen molar-refractivity contribution in [3.63, 3.8) is 0 Å². The van der Waals surface area contributed by atoms with Gasteiger partial charge < -0.3 is 89.4 Å². The quantitative estimate of drug-likeness (QED) is 0.0399. The molecule has 420 valence electrons. The number of hydrogen-bond donors (Lipinski definition) is 9. The van der Waals surface area contributed by atoms with Gasteiger partial charge in [-0.3, -0.25) is 0 Å². The van der Waals surface area contributed by atoms with E-state index in [1.807, 2.05) is 0 Å². The van der Waals surface area contributed by atoms with Crippen molar-refractivity contribution in [3.05, 3.63) is 179 Å². The molecular weight excluding hydrogens is 1030 g/mol. The van der Waals surface area contributed by atoms with Crippen molar-refractivity contribution in [3.8, 4) is 0 Å². The molecule has 79 heavy (non-hydrogen) atoms. The lowest BCUT2D eigenvalue weighted by molar-refractivity contribution is -0.284. The number of ether oxygens (including phenoxy) is 9. The van der Waals surface area contributed by atoms with E-state index in [1.165, 1.54) is 12.1 Å². The van der Waals surface area contributed by atoms with Crippen molar-refractivity contribution < 1.29 is 92.1 Å². The van der Waals surface area contributed by atoms with Crippen LogP contribution < -0.4 is 21.3 Å². The maximum atomic E-state index is 13.4. The molecule has 0 radical (unpaired) electrons. The lowest BCUT2D eigenvalue weighted by atomic mass is 9.83. The summed E-state index contributed by atoms with van der Waals surface area (Å²) in [5.41, 5.74) is 2.77. The number of alkyl carbamates (subject to hydrolysis) is 4. The van der Waals surface area contributed by atoms with Crippen molar-refractivity contribution in [2.75, 3.05) is 13.2 Å². The van der Waals surface area contributed by atoms with Gasteiger partial charge in [-0.05, 0) is 40.8 Å². The van der Waals surface area contributed by atoms with Gasteiger partial charge in [0.15, 0.2) is 12.6 Å². The first-order valence-electron chi connectivity index (χ1n) is 25.4. The fourth-order valence-electron chi connectivity index (χ4n) is 8.97. The van der Waals surface area contributed by atoms with Gasteiger partial charge in [-0.15, -0.1) is 0 Å². The summed E-state index contributed by atoms with van der Waals surface area (Å²) in [6, 6.07) is 38.6. The van der Waals surface area contributed by atoms with E-state index in [9.17, 15) is 49.5 Å². The number of amides is 4. The molecule has 1 unspecified atom stereocenters. The van der Waals surface area contributed by atoms with Crippen LogP contribution in [0.5, 0.6) is 0 Å². The van der Waals surface area contributed by atoms with Crippen LogP contribution in [0, 0.1) is 0 Å². The van der Waals surface area contributed by atoms with Crippen molar-refractivity contribution >= 4 is 30.3 Å². The van der Waals surface area contributed by atoms with E-state index in [2.05, 4.69) is 21.3 Å². The summed E-state index contributed by atoms with van der Waals surface area (Å²) in [6.07, 6.45) is -23.6. The van der Waals surface area contributed by atoms with Crippen LogP contribution >= 0.6 is 0 Å². The van der Waals surface area contributed by atoms with Crippen LogP contribution in [0.3, 0.4) is 0 Å². The number of aliphatic hydroxyl groups excluding tert-OH is 5. The Kier molecular flexibility index (Phi) is 20.6. The zero-order valence-electron chi connectivity index (χ0n) is 42.4. The van der Waals surface area contributed by atoms with Gasteiger partial charge in [0.2, 0.25) is 0 Å². The summed E-state index contributed by atoms with van der Waals surface area (Å²) in [5, 5.41) is 69.1. The van der Waals surface area contributed by atoms with Crippen LogP contribution in [0.4, 0.5) is 19.2 Å². The van der Waals surface area contributed by atoms with E-state index < -0.39 is 129 Å². The molecule has 4 amide bonds. The highest BCUT2D eigenvalue weighted by Gasteiger charge is 2.55. The summed E-state index contributed by atoms with van der Waals surface area (Å²) in [6.45, 7) is -1.73. The van der Waals surface area contributed by atoms with Gasteiger partial charge in [-0.2, -0.15) is 0 Å². The Morgan fingerprint density at radius 2 is 0.835 bits per heavy atom. The molecule has 9 N–H and O–H groups in total. The molecule has 8 rings (SSSR count). The Labute approximate surface area is 453 Å². The minimum Gasteiger partial charge on any atom is -0.459 e. The Hall–Kier alpha value is -7.71. The molecular formula is C56H62N4O19. The van der Waals surface area contributed by atoms with Crippen LogP contribution in [-0.4, -0.2) is 155 Å². The van der Waals surface area contributed by atoms with Crippen molar-refractivity contribution in [2.24, 2.45) is 0 Å². The predicted octanol–water partition coefficient (Wildman–Crippen LogP) is 3.08. The summed E-state index contributed by atoms with van der Waals surface area (Å²) in [5.74, 6) is -0.820. The van der Waals surface area contributed by atoms with Crippen molar-refractivity contribution in [1.82, 2.24) is 21.3 Å². The molecule has 2 aliphatic heterocycles. The average molecular weight is 1100 g/mol. The summed E-state index contributed by atoms with van der Waals surface area (Å²) >= 11 is 0. The molecule has 0 spiro atoms. The fraction of sp³-hybridized carbons (Fsp3) is 0.375. The molecule has 23 nitrogen and oxygen atoms in total. The molecule has 1 aliphatic carbocycles. The van der Waals surface area contributed by atoms with Crippen LogP contribution in [0.15, 0.2) is 152 Å². The third-order valence-electron chi connectivity index (χ3n) is 13.2. The topological polar surface area (TPSA) is 318 Å². The normalized spacial score (nSPS) is 27.3. The third kappa shape index (κ3) is 16.2. The van der Waals surface area contributed by atoms with Gasteiger partial charge in [0.05, 0.1) is 17.6 Å². The number of rotatable bonds is 20. The number of nitrogens with one attached hydrogen (secondary N) is 4. The van der Waals surface area contributed by atoms with E-state index in [4.69, 9.17) is 42.6 Å². The molecule has 2 saturated heterocycles. The standard InChI is InChI=1S/C56H62N4O19/c61-43-38(58-54(68)73-29-34-18-8-2-9-19-34)26-39(59-55(69)74-30-35-20-10-3-11-21-35)44(62)49(43)79-52-47(65)48(41(77-52)32-71-50(66)37-24-14-5-15-25-37)78-51-42(60-56(70)75-31-36-22-12-4-13-23-36)46(64)45(63)40(76-51)27-57-53(67)72-28-33-16-6-1-7-17-33/h1-25,38-49,51-52,61-65H,26-32H2,(H,57,67)(H,58,68)(H,59,69)(H,60,70)/t38-,39+,40-,41+,42+,43+,44-,45+,46+,47+,48+,49?,51+,52-/m0/s1. The molecule has 3 aliphatic rings. The van der Waals surface area contributed by atoms with E-state index in [-0.39, 0.29) is 38.4 Å². The number of benzene rings is 5. The summed E-state index contributed by atoms with van der Waals surface area (Å²) < 4.78 is 52.1. The zero-order valence-corrected chi connectivity index (χ0v) is 42.4. The Morgan fingerprint density at radius 3 is 1.30 bits per heavy atom. The maximum Gasteiger partial charge on any atom is 0.407 e. The number of carbonyl (C=O) groups excluding carboxylic acids is 5. The average Bonchev–Trinajstić information content (AvgIpc) is 3.87. The number of carbonyl (C=O) groups is 5. The fourth-order valence-corrected chi connectivity index (χ4v) is 8.97. The molecule has 0 bridgehead atoms. The summed E-state index contributed by atoms with van der Waals surface area (Å²) in [4.78, 5) is 66.0. The molecule has 14 atom stereocenters. The van der Waals surface area contributed by atoms with Crippen molar-refractivity contribution in [1.29, 1.82) is 0 Å². The molecule has 23 heteroatoms. The Morgan fingerprint density at radius 1 is 0.430 bits per heavy atom. The first-order valence-corrected chi connectivity index (χ1v) is 25.4. The summed E-state index contributed by atoms with van der Waals surface area (Å²) in [7, 11) is 0. The highest BCUT2D eigenvalue weighted by atomic mass is 16.8. The second kappa shape index (κ2) is 28.3. The smallest absolute Gasteiger partial charge is 0.407 e. The number of hydrogen-bond acceptors (Lipinski definition) is 19. The first-order chi connectivity index (χ1) is 38.3. The third-order valence-corrected chi connectivity index (χ3v) is 13.2. The second-order valence-electron chi connectivity index (χ2n) is 18.7. The van der Waals surface area contributed by atoms with Gasteiger partial charge >= 0.3 is 30.3 Å². The van der Waals surface area contributed by atoms with Crippen LogP contribution in [0.25, 0.3) is 0 Å². The van der Waals surface area contributed by atoms with Gasteiger partial charge in [-0.1, -0.05) is 140 Å². The highest BCUT2D eigenvalue weighted by Crippen LogP contribution is 2.34. The van der Waals surface area contributed by atoms with Gasteiger partial charge in [0.25, 0.3) is 0 Å². The first kappa shape index (κ1) is 57.5. The Bertz CT molecular complexity index is 2650. The van der Waals surface area contributed by atoms with Crippen molar-refractivity contribution in [2.45, 2.75) is 118 Å². The zero-order chi connectivity index (χ0) is 55.7. The molecule has 2 heterocycles. The SMILES string of the molecule is O=C(NC[C@@H]1O[C@H](O[C@H]2[C@@H](O)[C@H](OC3[C@@H](O)[C@H](NC(=O)OCc4ccccc4)C[C@H](NC(=O)OCc4ccccc4)[C@H]3O)O[C@@H]2COC(=O)c2ccccc2)[C@H](NC(=O)OCc2ccccc2)[C@@H](O)[C@@H]1O)OCc1ccccc1. The van der Waals surface area contributed by atoms with E-state index in [0.717, 1.165) is 0 Å². The lowest BCUT2D eigenvalue weighted by Crippen LogP contribution is -2.66. The number of aliphatic hydroxyl groups is 5. The highest BCUT2D eigenvalue weighted by molar-refractivity contribution is 5.89.